The van der Waals surface area contributed by atoms with Crippen LogP contribution in [-0.2, 0) is 0 Å². The number of hydrogen-bond donors (Lipinski definition) is 1. The molecule has 1 heterocycles. The van der Waals surface area contributed by atoms with Crippen LogP contribution in [0.15, 0.2) is 45.8 Å². The van der Waals surface area contributed by atoms with E-state index in [1.807, 2.05) is 51.3 Å². The number of aryl methyl sites for hydroxylation is 1. The van der Waals surface area contributed by atoms with E-state index < -0.39 is 0 Å². The number of thioether (sulfide) groups is 1. The third-order valence-corrected chi connectivity index (χ3v) is 5.17. The first-order chi connectivity index (χ1) is 12.9. The van der Waals surface area contributed by atoms with Crippen molar-refractivity contribution >= 4 is 35.0 Å². The van der Waals surface area contributed by atoms with Gasteiger partial charge >= 0.3 is 0 Å². The van der Waals surface area contributed by atoms with E-state index in [9.17, 15) is 4.79 Å². The minimum absolute atomic E-state index is 0.151. The Hall–Kier alpha value is -2.31. The average molecular weight is 402 g/mol. The molecule has 1 N–H and O–H groups in total. The molecule has 0 aliphatic rings. The highest BCUT2D eigenvalue weighted by Crippen LogP contribution is 2.32. The predicted octanol–water partition coefficient (Wildman–Crippen LogP) is 5.80. The van der Waals surface area contributed by atoms with Gasteiger partial charge in [-0.2, -0.15) is 4.98 Å². The van der Waals surface area contributed by atoms with E-state index in [-0.39, 0.29) is 11.8 Å². The van der Waals surface area contributed by atoms with Crippen molar-refractivity contribution in [3.8, 4) is 11.5 Å². The maximum absolute atomic E-state index is 12.9. The number of rotatable bonds is 5. The minimum atomic E-state index is -0.282. The molecule has 0 saturated heterocycles. The van der Waals surface area contributed by atoms with Crippen LogP contribution in [0.5, 0.6) is 0 Å². The van der Waals surface area contributed by atoms with Gasteiger partial charge in [0.15, 0.2) is 5.82 Å². The smallest absolute Gasteiger partial charge is 0.260 e. The second-order valence-electron chi connectivity index (χ2n) is 6.41. The molecule has 0 saturated carbocycles. The van der Waals surface area contributed by atoms with Crippen LogP contribution in [-0.4, -0.2) is 22.3 Å². The molecule has 0 aliphatic carbocycles. The number of amides is 1. The van der Waals surface area contributed by atoms with Crippen molar-refractivity contribution in [2.24, 2.45) is 0 Å². The summed E-state index contributed by atoms with van der Waals surface area (Å²) >= 11 is 7.79. The lowest BCUT2D eigenvalue weighted by molar-refractivity contribution is 0.102. The van der Waals surface area contributed by atoms with E-state index in [2.05, 4.69) is 15.5 Å². The fourth-order valence-electron chi connectivity index (χ4n) is 2.58. The van der Waals surface area contributed by atoms with Crippen molar-refractivity contribution < 1.29 is 9.32 Å². The van der Waals surface area contributed by atoms with Crippen molar-refractivity contribution in [3.05, 3.63) is 58.4 Å². The van der Waals surface area contributed by atoms with Crippen LogP contribution in [0.25, 0.3) is 11.5 Å². The van der Waals surface area contributed by atoms with Crippen LogP contribution in [0, 0.1) is 6.92 Å². The first-order valence-corrected chi connectivity index (χ1v) is 10.1. The molecule has 5 nitrogen and oxygen atoms in total. The molecular weight excluding hydrogens is 382 g/mol. The molecular formula is C20H20ClN3O2S. The molecule has 0 radical (unpaired) electrons. The summed E-state index contributed by atoms with van der Waals surface area (Å²) < 4.78 is 5.41. The topological polar surface area (TPSA) is 68.0 Å². The number of benzene rings is 2. The molecule has 0 aliphatic heterocycles. The van der Waals surface area contributed by atoms with Gasteiger partial charge in [0.1, 0.15) is 0 Å². The summed E-state index contributed by atoms with van der Waals surface area (Å²) in [6.07, 6.45) is 1.95. The van der Waals surface area contributed by atoms with Gasteiger partial charge in [0, 0.05) is 10.8 Å². The van der Waals surface area contributed by atoms with E-state index >= 15 is 0 Å². The number of carbonyl (C=O) groups excluding carboxylic acids is 1. The molecule has 7 heteroatoms. The van der Waals surface area contributed by atoms with Crippen LogP contribution in [0.4, 0.5) is 5.69 Å². The summed E-state index contributed by atoms with van der Waals surface area (Å²) in [6.45, 7) is 5.90. The molecule has 0 bridgehead atoms. The molecule has 0 fully saturated rings. The van der Waals surface area contributed by atoms with Crippen molar-refractivity contribution in [1.29, 1.82) is 0 Å². The minimum Gasteiger partial charge on any atom is -0.334 e. The molecule has 0 unspecified atom stereocenters. The average Bonchev–Trinajstić information content (AvgIpc) is 3.14. The summed E-state index contributed by atoms with van der Waals surface area (Å²) in [7, 11) is 0. The highest BCUT2D eigenvalue weighted by Gasteiger charge is 2.19. The molecule has 1 amide bonds. The first-order valence-electron chi connectivity index (χ1n) is 8.49. The molecule has 0 atom stereocenters. The molecule has 3 aromatic rings. The molecule has 27 heavy (non-hydrogen) atoms. The lowest BCUT2D eigenvalue weighted by Crippen LogP contribution is -2.14. The lowest BCUT2D eigenvalue weighted by Gasteiger charge is -2.13. The number of nitrogens with zero attached hydrogens (tertiary/aromatic N) is 2. The van der Waals surface area contributed by atoms with Gasteiger partial charge < -0.3 is 9.84 Å². The largest absolute Gasteiger partial charge is 0.334 e. The fourth-order valence-corrected chi connectivity index (χ4v) is 3.22. The van der Waals surface area contributed by atoms with Crippen LogP contribution in [0.1, 0.15) is 41.5 Å². The molecule has 0 spiro atoms. The molecule has 140 valence electrons. The van der Waals surface area contributed by atoms with Crippen LogP contribution in [0.2, 0.25) is 5.02 Å². The van der Waals surface area contributed by atoms with Gasteiger partial charge in [-0.3, -0.25) is 4.79 Å². The fraction of sp³-hybridized carbons (Fsp3) is 0.250. The van der Waals surface area contributed by atoms with Gasteiger partial charge in [0.2, 0.25) is 0 Å². The number of aromatic nitrogens is 2. The Morgan fingerprint density at radius 2 is 2.04 bits per heavy atom. The second kappa shape index (κ2) is 8.15. The third-order valence-electron chi connectivity index (χ3n) is 4.12. The standard InChI is InChI=1S/C20H20ClN3O2S/c1-11(2)18-23-20(26-24-18)14-7-5-6-12(3)17(14)22-19(25)15-10-13(27-4)8-9-16(15)21/h5-11H,1-4H3,(H,22,25). The maximum atomic E-state index is 12.9. The first kappa shape index (κ1) is 19.5. The maximum Gasteiger partial charge on any atom is 0.260 e. The van der Waals surface area contributed by atoms with Crippen molar-refractivity contribution in [1.82, 2.24) is 10.1 Å². The number of nitrogens with one attached hydrogen (secondary N) is 1. The number of hydrogen-bond acceptors (Lipinski definition) is 5. The molecule has 2 aromatic carbocycles. The van der Waals surface area contributed by atoms with Crippen LogP contribution < -0.4 is 5.32 Å². The Bertz CT molecular complexity index is 985. The normalized spacial score (nSPS) is 11.0. The Kier molecular flexibility index (Phi) is 5.87. The highest BCUT2D eigenvalue weighted by atomic mass is 35.5. The van der Waals surface area contributed by atoms with Gasteiger partial charge in [0.25, 0.3) is 11.8 Å². The summed E-state index contributed by atoms with van der Waals surface area (Å²) in [5.41, 5.74) is 2.63. The number of anilines is 1. The van der Waals surface area contributed by atoms with Gasteiger partial charge in [-0.15, -0.1) is 11.8 Å². The summed E-state index contributed by atoms with van der Waals surface area (Å²) in [5.74, 6) is 0.870. The number of para-hydroxylation sites is 1. The zero-order chi connectivity index (χ0) is 19.6. The quantitative estimate of drug-likeness (QED) is 0.547. The Morgan fingerprint density at radius 3 is 2.70 bits per heavy atom. The lowest BCUT2D eigenvalue weighted by atomic mass is 10.1. The number of carbonyl (C=O) groups is 1. The van der Waals surface area contributed by atoms with Gasteiger partial charge in [0.05, 0.1) is 21.8 Å². The molecule has 1 aromatic heterocycles. The van der Waals surface area contributed by atoms with E-state index in [4.69, 9.17) is 16.1 Å². The third kappa shape index (κ3) is 4.17. The highest BCUT2D eigenvalue weighted by molar-refractivity contribution is 7.98. The van der Waals surface area contributed by atoms with E-state index in [1.54, 1.807) is 23.9 Å². The Balaban J connectivity index is 1.98. The summed E-state index contributed by atoms with van der Waals surface area (Å²) in [6, 6.07) is 11.0. The van der Waals surface area contributed by atoms with E-state index in [1.165, 1.54) is 0 Å². The Morgan fingerprint density at radius 1 is 1.26 bits per heavy atom. The summed E-state index contributed by atoms with van der Waals surface area (Å²) in [4.78, 5) is 18.3. The summed E-state index contributed by atoms with van der Waals surface area (Å²) in [5, 5.41) is 7.38. The van der Waals surface area contributed by atoms with Gasteiger partial charge in [-0.05, 0) is 43.0 Å². The van der Waals surface area contributed by atoms with Gasteiger partial charge in [-0.25, -0.2) is 0 Å². The Labute approximate surface area is 167 Å². The van der Waals surface area contributed by atoms with E-state index in [0.717, 1.165) is 10.5 Å². The van der Waals surface area contributed by atoms with Gasteiger partial charge in [-0.1, -0.05) is 42.7 Å². The predicted molar refractivity (Wildman–Crippen MR) is 110 cm³/mol. The zero-order valence-electron chi connectivity index (χ0n) is 15.5. The zero-order valence-corrected chi connectivity index (χ0v) is 17.1. The van der Waals surface area contributed by atoms with E-state index in [0.29, 0.717) is 33.6 Å². The second-order valence-corrected chi connectivity index (χ2v) is 7.70. The SMILES string of the molecule is CSc1ccc(Cl)c(C(=O)Nc2c(C)cccc2-c2nc(C(C)C)no2)c1. The molecule has 3 rings (SSSR count). The van der Waals surface area contributed by atoms with Crippen molar-refractivity contribution in [2.45, 2.75) is 31.6 Å². The number of halogens is 1. The van der Waals surface area contributed by atoms with Crippen LogP contribution >= 0.6 is 23.4 Å². The van der Waals surface area contributed by atoms with Crippen molar-refractivity contribution in [2.75, 3.05) is 11.6 Å². The van der Waals surface area contributed by atoms with Crippen LogP contribution in [0.3, 0.4) is 0 Å². The van der Waals surface area contributed by atoms with Crippen molar-refractivity contribution in [3.63, 3.8) is 0 Å². The monoisotopic (exact) mass is 401 g/mol.